The van der Waals surface area contributed by atoms with Crippen molar-refractivity contribution in [2.24, 2.45) is 0 Å². The van der Waals surface area contributed by atoms with Gasteiger partial charge >= 0.3 is 6.18 Å². The molecule has 0 bridgehead atoms. The fourth-order valence-corrected chi connectivity index (χ4v) is 2.26. The van der Waals surface area contributed by atoms with E-state index < -0.39 is 17.8 Å². The zero-order valence-corrected chi connectivity index (χ0v) is 12.5. The van der Waals surface area contributed by atoms with Crippen LogP contribution in [-0.4, -0.2) is 21.6 Å². The van der Waals surface area contributed by atoms with Crippen LogP contribution in [-0.2, 0) is 11.0 Å². The number of amides is 1. The molecular weight excluding hydrogens is 339 g/mol. The second-order valence-corrected chi connectivity index (χ2v) is 5.39. The second-order valence-electron chi connectivity index (χ2n) is 4.04. The normalized spacial score (nSPS) is 11.3. The van der Waals surface area contributed by atoms with Crippen LogP contribution in [0.3, 0.4) is 0 Å². The van der Waals surface area contributed by atoms with Crippen LogP contribution in [0.25, 0.3) is 0 Å². The molecule has 0 unspecified atom stereocenters. The molecule has 1 aromatic carbocycles. The number of carbonyl (C=O) groups is 1. The fourth-order valence-electron chi connectivity index (χ4n) is 1.45. The first-order chi connectivity index (χ1) is 10.4. The average Bonchev–Trinajstić information content (AvgIpc) is 2.47. The van der Waals surface area contributed by atoms with Crippen LogP contribution in [0.1, 0.15) is 5.69 Å². The lowest BCUT2D eigenvalue weighted by Gasteiger charge is -2.08. The zero-order chi connectivity index (χ0) is 16.2. The minimum absolute atomic E-state index is 0.121. The van der Waals surface area contributed by atoms with Gasteiger partial charge in [0.15, 0.2) is 5.16 Å². The smallest absolute Gasteiger partial charge is 0.324 e. The number of halogens is 4. The molecule has 1 N–H and O–H groups in total. The van der Waals surface area contributed by atoms with Crippen LogP contribution in [0.2, 0.25) is 5.02 Å². The van der Waals surface area contributed by atoms with Crippen molar-refractivity contribution in [1.29, 1.82) is 0 Å². The van der Waals surface area contributed by atoms with Crippen molar-refractivity contribution in [3.63, 3.8) is 0 Å². The monoisotopic (exact) mass is 347 g/mol. The summed E-state index contributed by atoms with van der Waals surface area (Å²) in [6, 6.07) is 7.41. The summed E-state index contributed by atoms with van der Waals surface area (Å²) in [6.45, 7) is 0. The van der Waals surface area contributed by atoms with E-state index in [0.717, 1.165) is 24.0 Å². The van der Waals surface area contributed by atoms with Crippen molar-refractivity contribution in [1.82, 2.24) is 9.97 Å². The Morgan fingerprint density at radius 1 is 1.27 bits per heavy atom. The van der Waals surface area contributed by atoms with Crippen molar-refractivity contribution in [2.75, 3.05) is 11.1 Å². The summed E-state index contributed by atoms with van der Waals surface area (Å²) >= 11 is 6.69. The van der Waals surface area contributed by atoms with Gasteiger partial charge in [0.25, 0.3) is 0 Å². The fraction of sp³-hybridized carbons (Fsp3) is 0.154. The number of hydrogen-bond donors (Lipinski definition) is 1. The quantitative estimate of drug-likeness (QED) is 0.673. The molecule has 0 aliphatic heterocycles. The molecule has 116 valence electrons. The van der Waals surface area contributed by atoms with Crippen LogP contribution in [0.4, 0.5) is 18.9 Å². The summed E-state index contributed by atoms with van der Waals surface area (Å²) < 4.78 is 37.5. The van der Waals surface area contributed by atoms with Gasteiger partial charge in [0.05, 0.1) is 16.5 Å². The molecule has 0 saturated heterocycles. The lowest BCUT2D eigenvalue weighted by atomic mass is 10.3. The molecule has 2 rings (SSSR count). The van der Waals surface area contributed by atoms with Gasteiger partial charge in [-0.05, 0) is 18.2 Å². The molecule has 22 heavy (non-hydrogen) atoms. The maximum Gasteiger partial charge on any atom is 0.433 e. The number of nitrogens with zero attached hydrogens (tertiary/aromatic N) is 2. The largest absolute Gasteiger partial charge is 0.433 e. The van der Waals surface area contributed by atoms with Crippen molar-refractivity contribution < 1.29 is 18.0 Å². The van der Waals surface area contributed by atoms with Crippen LogP contribution in [0, 0.1) is 0 Å². The van der Waals surface area contributed by atoms with Gasteiger partial charge in [0.1, 0.15) is 5.69 Å². The third-order valence-corrected chi connectivity index (χ3v) is 3.60. The van der Waals surface area contributed by atoms with E-state index in [4.69, 9.17) is 11.6 Å². The third-order valence-electron chi connectivity index (χ3n) is 2.40. The molecule has 4 nitrogen and oxygen atoms in total. The molecule has 2 aromatic rings. The molecule has 0 atom stereocenters. The van der Waals surface area contributed by atoms with Gasteiger partial charge in [-0.15, -0.1) is 0 Å². The first kappa shape index (κ1) is 16.6. The Morgan fingerprint density at radius 2 is 2.00 bits per heavy atom. The first-order valence-electron chi connectivity index (χ1n) is 5.93. The SMILES string of the molecule is O=C(CSc1nccc(C(F)(F)F)n1)Nc1ccccc1Cl. The van der Waals surface area contributed by atoms with E-state index in [1.165, 1.54) is 0 Å². The predicted molar refractivity (Wildman–Crippen MR) is 77.8 cm³/mol. The van der Waals surface area contributed by atoms with Crippen molar-refractivity contribution in [2.45, 2.75) is 11.3 Å². The van der Waals surface area contributed by atoms with Crippen LogP contribution >= 0.6 is 23.4 Å². The van der Waals surface area contributed by atoms with E-state index in [2.05, 4.69) is 15.3 Å². The first-order valence-corrected chi connectivity index (χ1v) is 7.30. The molecule has 1 heterocycles. The molecule has 0 fully saturated rings. The Labute approximate surface area is 133 Å². The third kappa shape index (κ3) is 4.60. The zero-order valence-electron chi connectivity index (χ0n) is 10.9. The lowest BCUT2D eigenvalue weighted by molar-refractivity contribution is -0.141. The summed E-state index contributed by atoms with van der Waals surface area (Å²) in [6.07, 6.45) is -3.54. The van der Waals surface area contributed by atoms with Gasteiger partial charge < -0.3 is 5.32 Å². The average molecular weight is 348 g/mol. The predicted octanol–water partition coefficient (Wildman–Crippen LogP) is 3.88. The van der Waals surface area contributed by atoms with E-state index in [1.807, 2.05) is 0 Å². The summed E-state index contributed by atoms with van der Waals surface area (Å²) in [4.78, 5) is 18.8. The molecule has 0 saturated carbocycles. The number of rotatable bonds is 4. The van der Waals surface area contributed by atoms with Gasteiger partial charge in [0.2, 0.25) is 5.91 Å². The number of nitrogens with one attached hydrogen (secondary N) is 1. The molecule has 1 amide bonds. The minimum atomic E-state index is -4.54. The Hall–Kier alpha value is -1.80. The van der Waals surface area contributed by atoms with Crippen LogP contribution < -0.4 is 5.32 Å². The molecule has 0 aliphatic carbocycles. The summed E-state index contributed by atoms with van der Waals surface area (Å²) in [5.41, 5.74) is -0.615. The lowest BCUT2D eigenvalue weighted by Crippen LogP contribution is -2.15. The molecule has 0 aliphatic rings. The standard InChI is InChI=1S/C13H9ClF3N3OS/c14-8-3-1-2-4-9(8)19-11(21)7-22-12-18-6-5-10(20-12)13(15,16)17/h1-6H,7H2,(H,19,21). The van der Waals surface area contributed by atoms with E-state index in [-0.39, 0.29) is 10.9 Å². The Kier molecular flexibility index (Phi) is 5.25. The van der Waals surface area contributed by atoms with E-state index in [9.17, 15) is 18.0 Å². The number of aromatic nitrogens is 2. The van der Waals surface area contributed by atoms with Crippen molar-refractivity contribution >= 4 is 35.0 Å². The van der Waals surface area contributed by atoms with Gasteiger partial charge in [-0.3, -0.25) is 4.79 Å². The van der Waals surface area contributed by atoms with Gasteiger partial charge in [-0.1, -0.05) is 35.5 Å². The van der Waals surface area contributed by atoms with E-state index >= 15 is 0 Å². The maximum atomic E-state index is 12.5. The molecule has 0 radical (unpaired) electrons. The number of benzene rings is 1. The summed E-state index contributed by atoms with van der Waals surface area (Å²) in [7, 11) is 0. The number of para-hydroxylation sites is 1. The Balaban J connectivity index is 1.96. The number of alkyl halides is 3. The second kappa shape index (κ2) is 6.97. The topological polar surface area (TPSA) is 54.9 Å². The number of carbonyl (C=O) groups excluding carboxylic acids is 1. The Morgan fingerprint density at radius 3 is 2.68 bits per heavy atom. The number of hydrogen-bond acceptors (Lipinski definition) is 4. The minimum Gasteiger partial charge on any atom is -0.324 e. The van der Waals surface area contributed by atoms with Gasteiger partial charge in [-0.25, -0.2) is 9.97 Å². The van der Waals surface area contributed by atoms with Crippen LogP contribution in [0.15, 0.2) is 41.7 Å². The number of thioether (sulfide) groups is 1. The maximum absolute atomic E-state index is 12.5. The van der Waals surface area contributed by atoms with Crippen molar-refractivity contribution in [3.05, 3.63) is 47.2 Å². The van der Waals surface area contributed by atoms with Gasteiger partial charge in [-0.2, -0.15) is 13.2 Å². The highest BCUT2D eigenvalue weighted by Gasteiger charge is 2.32. The highest BCUT2D eigenvalue weighted by atomic mass is 35.5. The van der Waals surface area contributed by atoms with Gasteiger partial charge in [0, 0.05) is 6.20 Å². The highest BCUT2D eigenvalue weighted by molar-refractivity contribution is 7.99. The summed E-state index contributed by atoms with van der Waals surface area (Å²) in [5, 5.41) is 2.81. The van der Waals surface area contributed by atoms with Crippen LogP contribution in [0.5, 0.6) is 0 Å². The van der Waals surface area contributed by atoms with E-state index in [1.54, 1.807) is 24.3 Å². The highest BCUT2D eigenvalue weighted by Crippen LogP contribution is 2.28. The number of anilines is 1. The summed E-state index contributed by atoms with van der Waals surface area (Å²) in [5.74, 6) is -0.550. The molecule has 0 spiro atoms. The Bertz CT molecular complexity index is 682. The molecule has 9 heteroatoms. The molecular formula is C13H9ClF3N3OS. The van der Waals surface area contributed by atoms with E-state index in [0.29, 0.717) is 10.7 Å². The molecule has 1 aromatic heterocycles. The van der Waals surface area contributed by atoms with Crippen molar-refractivity contribution in [3.8, 4) is 0 Å².